The van der Waals surface area contributed by atoms with Crippen LogP contribution in [0.4, 0.5) is 0 Å². The van der Waals surface area contributed by atoms with Crippen LogP contribution in [-0.4, -0.2) is 62.6 Å². The summed E-state index contributed by atoms with van der Waals surface area (Å²) in [5.74, 6) is 0.592. The zero-order valence-corrected chi connectivity index (χ0v) is 15.8. The lowest BCUT2D eigenvalue weighted by atomic mass is 10.2. The molecule has 1 unspecified atom stereocenters. The molecule has 1 amide bonds. The number of likely N-dealkylation sites (N-methyl/N-ethyl adjacent to an activating group) is 1. The minimum atomic E-state index is -0.167. The van der Waals surface area contributed by atoms with Crippen molar-refractivity contribution in [1.82, 2.24) is 20.9 Å². The number of nitrogens with one attached hydrogen (secondary N) is 3. The molecular weight excluding hydrogens is 338 g/mol. The molecule has 0 aliphatic carbocycles. The van der Waals surface area contributed by atoms with E-state index in [2.05, 4.69) is 32.8 Å². The van der Waals surface area contributed by atoms with E-state index in [9.17, 15) is 4.79 Å². The van der Waals surface area contributed by atoms with Gasteiger partial charge in [0.1, 0.15) is 0 Å². The number of carbonyl (C=O) groups excluding carboxylic acids is 1. The zero-order chi connectivity index (χ0) is 18.1. The molecule has 2 rings (SSSR count). The predicted molar refractivity (Wildman–Crippen MR) is 103 cm³/mol. The number of carbonyl (C=O) groups is 1. The van der Waals surface area contributed by atoms with E-state index in [-0.39, 0.29) is 5.91 Å². The number of halogens is 1. The largest absolute Gasteiger partial charge is 0.355 e. The third-order valence-corrected chi connectivity index (χ3v) is 4.79. The van der Waals surface area contributed by atoms with Gasteiger partial charge in [0, 0.05) is 32.7 Å². The van der Waals surface area contributed by atoms with Gasteiger partial charge in [-0.25, -0.2) is 0 Å². The van der Waals surface area contributed by atoms with Crippen LogP contribution < -0.4 is 16.0 Å². The molecule has 0 saturated carbocycles. The number of benzene rings is 1. The zero-order valence-electron chi connectivity index (χ0n) is 15.0. The third kappa shape index (κ3) is 5.90. The number of amides is 1. The van der Waals surface area contributed by atoms with Gasteiger partial charge in [-0.15, -0.1) is 0 Å². The van der Waals surface area contributed by atoms with E-state index >= 15 is 0 Å². The average molecular weight is 366 g/mol. The van der Waals surface area contributed by atoms with Crippen molar-refractivity contribution < 1.29 is 4.79 Å². The molecule has 0 radical (unpaired) electrons. The lowest BCUT2D eigenvalue weighted by molar-refractivity contribution is 0.0954. The Balaban J connectivity index is 1.67. The van der Waals surface area contributed by atoms with Crippen LogP contribution >= 0.6 is 11.6 Å². The Morgan fingerprint density at radius 3 is 2.76 bits per heavy atom. The summed E-state index contributed by atoms with van der Waals surface area (Å²) in [5.41, 5.74) is 0.493. The molecule has 0 bridgehead atoms. The Kier molecular flexibility index (Phi) is 8.01. The maximum Gasteiger partial charge on any atom is 0.252 e. The Bertz CT molecular complexity index is 593. The van der Waals surface area contributed by atoms with Crippen molar-refractivity contribution in [3.8, 4) is 0 Å². The minimum Gasteiger partial charge on any atom is -0.355 e. The molecule has 1 saturated heterocycles. The van der Waals surface area contributed by atoms with Gasteiger partial charge in [-0.2, -0.15) is 0 Å². The molecule has 1 aliphatic heterocycles. The van der Waals surface area contributed by atoms with Gasteiger partial charge >= 0.3 is 0 Å². The average Bonchev–Trinajstić information content (AvgIpc) is 3.09. The quantitative estimate of drug-likeness (QED) is 0.391. The highest BCUT2D eigenvalue weighted by Gasteiger charge is 2.22. The van der Waals surface area contributed by atoms with Crippen molar-refractivity contribution >= 4 is 23.5 Å². The molecule has 1 aromatic carbocycles. The minimum absolute atomic E-state index is 0.167. The van der Waals surface area contributed by atoms with E-state index in [1.807, 2.05) is 0 Å². The van der Waals surface area contributed by atoms with Gasteiger partial charge in [0.2, 0.25) is 0 Å². The molecule has 138 valence electrons. The third-order valence-electron chi connectivity index (χ3n) is 4.46. The molecule has 1 aliphatic rings. The van der Waals surface area contributed by atoms with Gasteiger partial charge in [0.15, 0.2) is 5.96 Å². The number of hydrogen-bond acceptors (Lipinski definition) is 3. The molecule has 0 aromatic heterocycles. The highest BCUT2D eigenvalue weighted by molar-refractivity contribution is 6.33. The van der Waals surface area contributed by atoms with Gasteiger partial charge in [-0.05, 0) is 38.1 Å². The first-order chi connectivity index (χ1) is 12.2. The van der Waals surface area contributed by atoms with Gasteiger partial charge in [-0.1, -0.05) is 30.7 Å². The molecule has 1 heterocycles. The number of likely N-dealkylation sites (tertiary alicyclic amines) is 1. The Labute approximate surface area is 155 Å². The number of guanidine groups is 1. The second-order valence-electron chi connectivity index (χ2n) is 6.04. The Morgan fingerprint density at radius 1 is 1.28 bits per heavy atom. The second-order valence-corrected chi connectivity index (χ2v) is 6.45. The fraction of sp³-hybridized carbons (Fsp3) is 0.556. The number of hydrogen-bond donors (Lipinski definition) is 3. The van der Waals surface area contributed by atoms with E-state index in [0.717, 1.165) is 19.0 Å². The van der Waals surface area contributed by atoms with E-state index in [1.54, 1.807) is 31.3 Å². The molecule has 0 spiro atoms. The number of aliphatic imine (C=N–C) groups is 1. The predicted octanol–water partition coefficient (Wildman–Crippen LogP) is 1.72. The molecule has 1 atom stereocenters. The molecular formula is C18H28ClN5O. The lowest BCUT2D eigenvalue weighted by Crippen LogP contribution is -2.46. The maximum absolute atomic E-state index is 12.1. The summed E-state index contributed by atoms with van der Waals surface area (Å²) in [5, 5.41) is 9.90. The van der Waals surface area contributed by atoms with Gasteiger partial charge in [0.25, 0.3) is 5.91 Å². The smallest absolute Gasteiger partial charge is 0.252 e. The maximum atomic E-state index is 12.1. The molecule has 7 heteroatoms. The first-order valence-electron chi connectivity index (χ1n) is 8.87. The topological polar surface area (TPSA) is 68.8 Å². The highest BCUT2D eigenvalue weighted by atomic mass is 35.5. The van der Waals surface area contributed by atoms with Crippen LogP contribution in [0.1, 0.15) is 30.1 Å². The standard InChI is InChI=1S/C18H28ClN5O/c1-3-24-12-6-7-14(24)13-23-18(20-2)22-11-10-21-17(25)15-8-4-5-9-16(15)19/h4-5,8-9,14H,3,6-7,10-13H2,1-2H3,(H,21,25)(H2,20,22,23). The Hall–Kier alpha value is -1.79. The Morgan fingerprint density at radius 2 is 2.04 bits per heavy atom. The van der Waals surface area contributed by atoms with Crippen molar-refractivity contribution in [2.75, 3.05) is 39.8 Å². The van der Waals surface area contributed by atoms with Crippen LogP contribution in [0.25, 0.3) is 0 Å². The molecule has 1 aromatic rings. The van der Waals surface area contributed by atoms with Crippen LogP contribution in [0.3, 0.4) is 0 Å². The van der Waals surface area contributed by atoms with Crippen LogP contribution in [0, 0.1) is 0 Å². The van der Waals surface area contributed by atoms with Crippen molar-refractivity contribution in [3.05, 3.63) is 34.9 Å². The fourth-order valence-electron chi connectivity index (χ4n) is 3.08. The van der Waals surface area contributed by atoms with Crippen LogP contribution in [0.15, 0.2) is 29.3 Å². The highest BCUT2D eigenvalue weighted by Crippen LogP contribution is 2.15. The van der Waals surface area contributed by atoms with Crippen molar-refractivity contribution in [2.45, 2.75) is 25.8 Å². The molecule has 6 nitrogen and oxygen atoms in total. The van der Waals surface area contributed by atoms with E-state index in [1.165, 1.54) is 19.4 Å². The number of nitrogens with zero attached hydrogens (tertiary/aromatic N) is 2. The molecule has 25 heavy (non-hydrogen) atoms. The van der Waals surface area contributed by atoms with Crippen LogP contribution in [0.5, 0.6) is 0 Å². The van der Waals surface area contributed by atoms with Gasteiger partial charge in [-0.3, -0.25) is 14.7 Å². The molecule has 1 fully saturated rings. The van der Waals surface area contributed by atoms with Crippen LogP contribution in [0.2, 0.25) is 5.02 Å². The lowest BCUT2D eigenvalue weighted by Gasteiger charge is -2.24. The summed E-state index contributed by atoms with van der Waals surface area (Å²) in [6.07, 6.45) is 2.49. The molecule has 3 N–H and O–H groups in total. The van der Waals surface area contributed by atoms with E-state index < -0.39 is 0 Å². The van der Waals surface area contributed by atoms with Gasteiger partial charge in [0.05, 0.1) is 10.6 Å². The normalized spacial score (nSPS) is 18.2. The summed E-state index contributed by atoms with van der Waals surface area (Å²) in [6.45, 7) is 6.45. The van der Waals surface area contributed by atoms with Crippen LogP contribution in [-0.2, 0) is 0 Å². The summed E-state index contributed by atoms with van der Waals surface area (Å²) in [4.78, 5) is 18.8. The van der Waals surface area contributed by atoms with Gasteiger partial charge < -0.3 is 16.0 Å². The SMILES string of the molecule is CCN1CCCC1CNC(=NC)NCCNC(=O)c1ccccc1Cl. The van der Waals surface area contributed by atoms with Crippen molar-refractivity contribution in [1.29, 1.82) is 0 Å². The number of rotatable bonds is 7. The van der Waals surface area contributed by atoms with E-state index in [0.29, 0.717) is 29.7 Å². The monoisotopic (exact) mass is 365 g/mol. The summed E-state index contributed by atoms with van der Waals surface area (Å²) in [6, 6.07) is 7.60. The van der Waals surface area contributed by atoms with Crippen molar-refractivity contribution in [2.24, 2.45) is 4.99 Å². The second kappa shape index (κ2) is 10.3. The first kappa shape index (κ1) is 19.5. The fourth-order valence-corrected chi connectivity index (χ4v) is 3.30. The van der Waals surface area contributed by atoms with E-state index in [4.69, 9.17) is 11.6 Å². The summed E-state index contributed by atoms with van der Waals surface area (Å²) >= 11 is 6.02. The summed E-state index contributed by atoms with van der Waals surface area (Å²) < 4.78 is 0. The first-order valence-corrected chi connectivity index (χ1v) is 9.24. The van der Waals surface area contributed by atoms with Crippen molar-refractivity contribution in [3.63, 3.8) is 0 Å². The summed E-state index contributed by atoms with van der Waals surface area (Å²) in [7, 11) is 1.75.